The summed E-state index contributed by atoms with van der Waals surface area (Å²) in [4.78, 5) is 0. The lowest BCUT2D eigenvalue weighted by Gasteiger charge is -2.32. The number of rotatable bonds is 3. The maximum atomic E-state index is 14.9. The Bertz CT molecular complexity index is 868. The number of halogens is 3. The van der Waals surface area contributed by atoms with Gasteiger partial charge in [-0.15, -0.1) is 0 Å². The largest absolute Gasteiger partial charge is 0.207 e. The van der Waals surface area contributed by atoms with E-state index in [-0.39, 0.29) is 11.1 Å². The van der Waals surface area contributed by atoms with Crippen LogP contribution in [0.5, 0.6) is 0 Å². The van der Waals surface area contributed by atoms with Crippen LogP contribution >= 0.6 is 0 Å². The van der Waals surface area contributed by atoms with E-state index in [2.05, 4.69) is 6.92 Å². The highest BCUT2D eigenvalue weighted by Crippen LogP contribution is 2.43. The van der Waals surface area contributed by atoms with Gasteiger partial charge in [0, 0.05) is 11.6 Å². The molecule has 0 spiro atoms. The molecule has 0 radical (unpaired) electrons. The van der Waals surface area contributed by atoms with E-state index < -0.39 is 17.5 Å². The zero-order valence-corrected chi connectivity index (χ0v) is 16.4. The van der Waals surface area contributed by atoms with Crippen molar-refractivity contribution in [2.75, 3.05) is 0 Å². The molecular formula is C25H27F3. The molecule has 0 nitrogen and oxygen atoms in total. The number of allylic oxidation sites excluding steroid dienone is 2. The highest BCUT2D eigenvalue weighted by molar-refractivity contribution is 5.73. The summed E-state index contributed by atoms with van der Waals surface area (Å²) in [6, 6.07) is 8.31. The molecule has 0 unspecified atom stereocenters. The zero-order valence-electron chi connectivity index (χ0n) is 16.4. The molecule has 0 saturated heterocycles. The molecule has 2 aromatic carbocycles. The summed E-state index contributed by atoms with van der Waals surface area (Å²) >= 11 is 0. The Morgan fingerprint density at radius 2 is 1.43 bits per heavy atom. The predicted octanol–water partition coefficient (Wildman–Crippen LogP) is 7.92. The van der Waals surface area contributed by atoms with Crippen molar-refractivity contribution >= 4 is 5.57 Å². The van der Waals surface area contributed by atoms with Crippen LogP contribution in [0.15, 0.2) is 42.0 Å². The van der Waals surface area contributed by atoms with Gasteiger partial charge in [0.2, 0.25) is 0 Å². The van der Waals surface area contributed by atoms with Crippen molar-refractivity contribution in [1.82, 2.24) is 0 Å². The van der Waals surface area contributed by atoms with Crippen molar-refractivity contribution in [3.05, 3.63) is 65.0 Å². The number of hydrogen-bond acceptors (Lipinski definition) is 0. The Balaban J connectivity index is 1.68. The minimum atomic E-state index is -0.692. The van der Waals surface area contributed by atoms with E-state index in [4.69, 9.17) is 0 Å². The topological polar surface area (TPSA) is 0 Å². The van der Waals surface area contributed by atoms with Crippen LogP contribution in [-0.4, -0.2) is 0 Å². The van der Waals surface area contributed by atoms with E-state index in [1.807, 2.05) is 6.07 Å². The molecule has 2 aliphatic carbocycles. The highest BCUT2D eigenvalue weighted by atomic mass is 19.1. The van der Waals surface area contributed by atoms with Crippen LogP contribution < -0.4 is 0 Å². The van der Waals surface area contributed by atoms with E-state index in [9.17, 15) is 13.2 Å². The maximum absolute atomic E-state index is 14.9. The first kappa shape index (κ1) is 19.3. The summed E-state index contributed by atoms with van der Waals surface area (Å²) < 4.78 is 42.0. The van der Waals surface area contributed by atoms with Gasteiger partial charge in [0.15, 0.2) is 0 Å². The third-order valence-corrected chi connectivity index (χ3v) is 6.51. The van der Waals surface area contributed by atoms with E-state index >= 15 is 0 Å². The van der Waals surface area contributed by atoms with Gasteiger partial charge in [-0.25, -0.2) is 13.2 Å². The molecule has 3 heteroatoms. The van der Waals surface area contributed by atoms with E-state index in [1.54, 1.807) is 12.1 Å². The van der Waals surface area contributed by atoms with E-state index in [1.165, 1.54) is 55.4 Å². The zero-order chi connectivity index (χ0) is 19.7. The van der Waals surface area contributed by atoms with Gasteiger partial charge in [-0.1, -0.05) is 37.5 Å². The first-order chi connectivity index (χ1) is 13.5. The van der Waals surface area contributed by atoms with Crippen LogP contribution in [0.4, 0.5) is 13.2 Å². The van der Waals surface area contributed by atoms with Crippen molar-refractivity contribution in [3.8, 4) is 11.1 Å². The highest BCUT2D eigenvalue weighted by Gasteiger charge is 2.26. The maximum Gasteiger partial charge on any atom is 0.131 e. The Hall–Kier alpha value is -2.03. The summed E-state index contributed by atoms with van der Waals surface area (Å²) in [6.07, 6.45) is 9.50. The molecular weight excluding hydrogens is 357 g/mol. The summed E-state index contributed by atoms with van der Waals surface area (Å²) in [5, 5.41) is 0. The normalized spacial score (nSPS) is 23.1. The molecule has 0 N–H and O–H groups in total. The Morgan fingerprint density at radius 3 is 2.11 bits per heavy atom. The molecule has 4 rings (SSSR count). The van der Waals surface area contributed by atoms with Crippen molar-refractivity contribution in [2.24, 2.45) is 11.8 Å². The molecule has 0 heterocycles. The molecule has 2 aliphatic rings. The van der Waals surface area contributed by atoms with Crippen LogP contribution in [0.1, 0.15) is 63.9 Å². The smallest absolute Gasteiger partial charge is 0.131 e. The van der Waals surface area contributed by atoms with Crippen molar-refractivity contribution in [3.63, 3.8) is 0 Å². The fraction of sp³-hybridized carbons (Fsp3) is 0.440. The average molecular weight is 384 g/mol. The molecule has 0 bridgehead atoms. The second kappa shape index (κ2) is 8.14. The molecule has 148 valence electrons. The average Bonchev–Trinajstić information content (AvgIpc) is 2.68. The van der Waals surface area contributed by atoms with E-state index in [0.29, 0.717) is 5.92 Å². The van der Waals surface area contributed by atoms with Crippen LogP contribution in [0, 0.1) is 29.3 Å². The SMILES string of the molecule is CC1CCC(C2=C(c3ccc(-c4cc(F)cc(F)c4)c(F)c3)CCCC2)CC1. The fourth-order valence-electron chi connectivity index (χ4n) is 4.96. The quantitative estimate of drug-likeness (QED) is 0.504. The third kappa shape index (κ3) is 4.04. The number of benzene rings is 2. The van der Waals surface area contributed by atoms with Gasteiger partial charge in [-0.2, -0.15) is 0 Å². The molecule has 1 saturated carbocycles. The minimum absolute atomic E-state index is 0.237. The first-order valence-corrected chi connectivity index (χ1v) is 10.5. The molecule has 2 aromatic rings. The van der Waals surface area contributed by atoms with Crippen molar-refractivity contribution in [2.45, 2.75) is 58.3 Å². The summed E-state index contributed by atoms with van der Waals surface area (Å²) in [7, 11) is 0. The summed E-state index contributed by atoms with van der Waals surface area (Å²) in [6.45, 7) is 2.33. The van der Waals surface area contributed by atoms with Crippen LogP contribution in [0.25, 0.3) is 16.7 Å². The molecule has 28 heavy (non-hydrogen) atoms. The van der Waals surface area contributed by atoms with Gasteiger partial charge in [-0.3, -0.25) is 0 Å². The number of hydrogen-bond donors (Lipinski definition) is 0. The predicted molar refractivity (Wildman–Crippen MR) is 108 cm³/mol. The van der Waals surface area contributed by atoms with Gasteiger partial charge in [0.1, 0.15) is 17.5 Å². The standard InChI is InChI=1S/C25H27F3/c1-16-6-8-17(9-7-16)22-4-2-3-5-23(22)18-10-11-24(25(28)14-18)19-12-20(26)15-21(27)13-19/h10-17H,2-9H2,1H3. The van der Waals surface area contributed by atoms with Gasteiger partial charge >= 0.3 is 0 Å². The molecule has 1 fully saturated rings. The van der Waals surface area contributed by atoms with Gasteiger partial charge in [0.25, 0.3) is 0 Å². The fourth-order valence-corrected chi connectivity index (χ4v) is 4.96. The Labute approximate surface area is 165 Å². The lowest BCUT2D eigenvalue weighted by atomic mass is 9.73. The lowest BCUT2D eigenvalue weighted by Crippen LogP contribution is -2.17. The summed E-state index contributed by atoms with van der Waals surface area (Å²) in [5.74, 6) is -0.361. The van der Waals surface area contributed by atoms with Crippen LogP contribution in [-0.2, 0) is 0 Å². The third-order valence-electron chi connectivity index (χ3n) is 6.51. The monoisotopic (exact) mass is 384 g/mol. The molecule has 0 amide bonds. The Kier molecular flexibility index (Phi) is 5.61. The Morgan fingerprint density at radius 1 is 0.750 bits per heavy atom. The first-order valence-electron chi connectivity index (χ1n) is 10.5. The molecule has 0 aliphatic heterocycles. The second-order valence-corrected chi connectivity index (χ2v) is 8.52. The van der Waals surface area contributed by atoms with Crippen molar-refractivity contribution in [1.29, 1.82) is 0 Å². The van der Waals surface area contributed by atoms with Gasteiger partial charge in [0.05, 0.1) is 0 Å². The second-order valence-electron chi connectivity index (χ2n) is 8.52. The van der Waals surface area contributed by atoms with Gasteiger partial charge < -0.3 is 0 Å². The van der Waals surface area contributed by atoms with Crippen LogP contribution in [0.2, 0.25) is 0 Å². The van der Waals surface area contributed by atoms with E-state index in [0.717, 1.165) is 36.8 Å². The molecule has 0 atom stereocenters. The van der Waals surface area contributed by atoms with Crippen LogP contribution in [0.3, 0.4) is 0 Å². The minimum Gasteiger partial charge on any atom is -0.207 e. The summed E-state index contributed by atoms with van der Waals surface area (Å²) in [5.41, 5.74) is 4.25. The van der Waals surface area contributed by atoms with Crippen molar-refractivity contribution < 1.29 is 13.2 Å². The van der Waals surface area contributed by atoms with Gasteiger partial charge in [-0.05, 0) is 85.3 Å². The molecule has 0 aromatic heterocycles. The lowest BCUT2D eigenvalue weighted by molar-refractivity contribution is 0.313.